The van der Waals surface area contributed by atoms with Crippen LogP contribution in [0.1, 0.15) is 11.1 Å². The Morgan fingerprint density at radius 1 is 0.275 bits per heavy atom. The second-order valence-corrected chi connectivity index (χ2v) is 10.7. The summed E-state index contributed by atoms with van der Waals surface area (Å²) in [6.45, 7) is 4.31. The van der Waals surface area contributed by atoms with E-state index in [1.54, 1.807) is 0 Å². The van der Waals surface area contributed by atoms with Gasteiger partial charge in [0.2, 0.25) is 0 Å². The Hall–Kier alpha value is -4.94. The van der Waals surface area contributed by atoms with E-state index in [0.717, 1.165) is 0 Å². The number of benzene rings is 7. The van der Waals surface area contributed by atoms with Crippen LogP contribution in [0.25, 0.3) is 66.1 Å². The van der Waals surface area contributed by atoms with Crippen LogP contribution < -0.4 is 0 Å². The van der Waals surface area contributed by atoms with Crippen LogP contribution in [0.5, 0.6) is 0 Å². The highest BCUT2D eigenvalue weighted by Gasteiger charge is 2.19. The van der Waals surface area contributed by atoms with Crippen molar-refractivity contribution in [2.24, 2.45) is 0 Å². The van der Waals surface area contributed by atoms with E-state index in [0.29, 0.717) is 0 Å². The maximum absolute atomic E-state index is 2.39. The molecule has 7 aromatic carbocycles. The van der Waals surface area contributed by atoms with Gasteiger partial charge in [0.25, 0.3) is 0 Å². The molecular formula is C40H30. The lowest BCUT2D eigenvalue weighted by Crippen LogP contribution is -1.93. The molecule has 40 heavy (non-hydrogen) atoms. The Kier molecular flexibility index (Phi) is 6.02. The summed E-state index contributed by atoms with van der Waals surface area (Å²) in [5.74, 6) is 0. The zero-order chi connectivity index (χ0) is 27.1. The molecule has 7 aromatic rings. The molecule has 0 aromatic heterocycles. The predicted octanol–water partition coefficient (Wildman–Crippen LogP) is 11.3. The van der Waals surface area contributed by atoms with Gasteiger partial charge in [0.05, 0.1) is 0 Å². The van der Waals surface area contributed by atoms with Gasteiger partial charge in [-0.2, -0.15) is 0 Å². The number of fused-ring (bicyclic) bond motifs is 3. The standard InChI is InChI=1S/C40H30/c1-27-13-17-31(18-14-27)39-35-23-21-33(29-9-5-3-6-10-29)25-37(35)38-26-34(30-11-7-4-8-12-30)22-24-36(38)40(39)32-19-15-28(2)16-20-32/h3-26H,1-2H3. The predicted molar refractivity (Wildman–Crippen MR) is 173 cm³/mol. The Labute approximate surface area is 236 Å². The van der Waals surface area contributed by atoms with Crippen LogP contribution in [-0.4, -0.2) is 0 Å². The monoisotopic (exact) mass is 510 g/mol. The van der Waals surface area contributed by atoms with Gasteiger partial charge in [-0.05, 0) is 92.0 Å². The molecule has 0 atom stereocenters. The van der Waals surface area contributed by atoms with Gasteiger partial charge in [-0.25, -0.2) is 0 Å². The molecule has 0 saturated carbocycles. The minimum absolute atomic E-state index is 1.23. The Morgan fingerprint density at radius 3 is 1.00 bits per heavy atom. The van der Waals surface area contributed by atoms with E-state index in [4.69, 9.17) is 0 Å². The lowest BCUT2D eigenvalue weighted by Gasteiger charge is -2.20. The molecule has 0 heteroatoms. The van der Waals surface area contributed by atoms with Crippen molar-refractivity contribution in [3.8, 4) is 44.5 Å². The van der Waals surface area contributed by atoms with Crippen molar-refractivity contribution < 1.29 is 0 Å². The minimum Gasteiger partial charge on any atom is -0.0622 e. The first kappa shape index (κ1) is 24.1. The van der Waals surface area contributed by atoms with Crippen LogP contribution in [0, 0.1) is 13.8 Å². The highest BCUT2D eigenvalue weighted by atomic mass is 14.2. The molecular weight excluding hydrogens is 480 g/mol. The van der Waals surface area contributed by atoms with E-state index in [1.807, 2.05) is 0 Å². The molecule has 0 nitrogen and oxygen atoms in total. The topological polar surface area (TPSA) is 0 Å². The first-order valence-corrected chi connectivity index (χ1v) is 13.9. The van der Waals surface area contributed by atoms with Crippen molar-refractivity contribution in [3.63, 3.8) is 0 Å². The van der Waals surface area contributed by atoms with E-state index in [9.17, 15) is 0 Å². The van der Waals surface area contributed by atoms with Crippen LogP contribution in [0.3, 0.4) is 0 Å². The number of rotatable bonds is 4. The number of hydrogen-bond acceptors (Lipinski definition) is 0. The lowest BCUT2D eigenvalue weighted by molar-refractivity contribution is 1.46. The fraction of sp³-hybridized carbons (Fsp3) is 0.0500. The maximum Gasteiger partial charge on any atom is -0.00203 e. The second-order valence-electron chi connectivity index (χ2n) is 10.7. The van der Waals surface area contributed by atoms with E-state index in [1.165, 1.54) is 77.2 Å². The van der Waals surface area contributed by atoms with E-state index in [-0.39, 0.29) is 0 Å². The molecule has 0 aliphatic heterocycles. The molecule has 7 rings (SSSR count). The molecule has 190 valence electrons. The second kappa shape index (κ2) is 9.98. The summed E-state index contributed by atoms with van der Waals surface area (Å²) in [5.41, 5.74) is 12.5. The Morgan fingerprint density at radius 2 is 0.625 bits per heavy atom. The molecule has 0 spiro atoms. The van der Waals surface area contributed by atoms with Gasteiger partial charge in [-0.15, -0.1) is 0 Å². The van der Waals surface area contributed by atoms with E-state index in [2.05, 4.69) is 159 Å². The summed E-state index contributed by atoms with van der Waals surface area (Å²) in [5, 5.41) is 5.11. The Balaban J connectivity index is 1.64. The summed E-state index contributed by atoms with van der Waals surface area (Å²) >= 11 is 0. The fourth-order valence-electron chi connectivity index (χ4n) is 5.90. The third-order valence-electron chi connectivity index (χ3n) is 8.01. The van der Waals surface area contributed by atoms with Crippen LogP contribution in [0.2, 0.25) is 0 Å². The molecule has 0 amide bonds. The molecule has 0 aliphatic carbocycles. The third-order valence-corrected chi connectivity index (χ3v) is 8.01. The van der Waals surface area contributed by atoms with Crippen LogP contribution in [-0.2, 0) is 0 Å². The van der Waals surface area contributed by atoms with Crippen LogP contribution >= 0.6 is 0 Å². The molecule has 0 N–H and O–H groups in total. The molecule has 0 radical (unpaired) electrons. The normalized spacial score (nSPS) is 11.2. The maximum atomic E-state index is 2.39. The van der Waals surface area contributed by atoms with Crippen molar-refractivity contribution in [3.05, 3.63) is 157 Å². The summed E-state index contributed by atoms with van der Waals surface area (Å²) in [7, 11) is 0. The van der Waals surface area contributed by atoms with Gasteiger partial charge >= 0.3 is 0 Å². The van der Waals surface area contributed by atoms with Gasteiger partial charge in [-0.3, -0.25) is 0 Å². The molecule has 0 fully saturated rings. The molecule has 0 aliphatic rings. The van der Waals surface area contributed by atoms with Crippen LogP contribution in [0.15, 0.2) is 146 Å². The van der Waals surface area contributed by atoms with Gasteiger partial charge in [-0.1, -0.05) is 145 Å². The zero-order valence-electron chi connectivity index (χ0n) is 22.9. The summed E-state index contributed by atoms with van der Waals surface area (Å²) in [6.07, 6.45) is 0. The van der Waals surface area contributed by atoms with E-state index < -0.39 is 0 Å². The van der Waals surface area contributed by atoms with Crippen LogP contribution in [0.4, 0.5) is 0 Å². The van der Waals surface area contributed by atoms with Gasteiger partial charge in [0.1, 0.15) is 0 Å². The third kappa shape index (κ3) is 4.28. The highest BCUT2D eigenvalue weighted by Crippen LogP contribution is 2.46. The quantitative estimate of drug-likeness (QED) is 0.207. The first-order chi connectivity index (χ1) is 19.7. The van der Waals surface area contributed by atoms with Crippen molar-refractivity contribution in [2.45, 2.75) is 13.8 Å². The van der Waals surface area contributed by atoms with Crippen molar-refractivity contribution in [1.29, 1.82) is 0 Å². The average molecular weight is 511 g/mol. The Bertz CT molecular complexity index is 1810. The van der Waals surface area contributed by atoms with Crippen molar-refractivity contribution >= 4 is 21.5 Å². The summed E-state index contributed by atoms with van der Waals surface area (Å²) < 4.78 is 0. The summed E-state index contributed by atoms with van der Waals surface area (Å²) in [4.78, 5) is 0. The minimum atomic E-state index is 1.23. The van der Waals surface area contributed by atoms with E-state index >= 15 is 0 Å². The van der Waals surface area contributed by atoms with Gasteiger partial charge in [0, 0.05) is 0 Å². The molecule has 0 unspecified atom stereocenters. The average Bonchev–Trinajstić information content (AvgIpc) is 3.02. The molecule has 0 bridgehead atoms. The number of hydrogen-bond donors (Lipinski definition) is 0. The lowest BCUT2D eigenvalue weighted by atomic mass is 9.83. The van der Waals surface area contributed by atoms with Gasteiger partial charge < -0.3 is 0 Å². The van der Waals surface area contributed by atoms with Crippen molar-refractivity contribution in [2.75, 3.05) is 0 Å². The zero-order valence-corrected chi connectivity index (χ0v) is 22.9. The van der Waals surface area contributed by atoms with Gasteiger partial charge in [0.15, 0.2) is 0 Å². The largest absolute Gasteiger partial charge is 0.0622 e. The molecule has 0 heterocycles. The van der Waals surface area contributed by atoms with Crippen molar-refractivity contribution in [1.82, 2.24) is 0 Å². The first-order valence-electron chi connectivity index (χ1n) is 13.9. The SMILES string of the molecule is Cc1ccc(-c2c(-c3ccc(C)cc3)c3ccc(-c4ccccc4)cc3c3cc(-c4ccccc4)ccc23)cc1. The fourth-order valence-corrected chi connectivity index (χ4v) is 5.90. The molecule has 0 saturated heterocycles. The highest BCUT2D eigenvalue weighted by molar-refractivity contribution is 6.22. The summed E-state index contributed by atoms with van der Waals surface area (Å²) in [6, 6.07) is 53.4. The smallest absolute Gasteiger partial charge is 0.00203 e. The number of aryl methyl sites for hydroxylation is 2.